The summed E-state index contributed by atoms with van der Waals surface area (Å²) in [5.41, 5.74) is 1.99. The van der Waals surface area contributed by atoms with Gasteiger partial charge in [-0.15, -0.1) is 0 Å². The van der Waals surface area contributed by atoms with Crippen LogP contribution in [0, 0.1) is 0 Å². The molecule has 0 atom stereocenters. The zero-order chi connectivity index (χ0) is 17.4. The average Bonchev–Trinajstić information content (AvgIpc) is 2.97. The highest BCUT2D eigenvalue weighted by molar-refractivity contribution is 5.88. The van der Waals surface area contributed by atoms with Gasteiger partial charge in [0.2, 0.25) is 5.91 Å². The Morgan fingerprint density at radius 1 is 1.25 bits per heavy atom. The van der Waals surface area contributed by atoms with E-state index in [1.54, 1.807) is 11.7 Å². The molecule has 0 saturated carbocycles. The molecule has 0 saturated heterocycles. The van der Waals surface area contributed by atoms with Crippen molar-refractivity contribution in [3.63, 3.8) is 0 Å². The van der Waals surface area contributed by atoms with Crippen LogP contribution in [0.3, 0.4) is 0 Å². The number of nitrogens with one attached hydrogen (secondary N) is 3. The summed E-state index contributed by atoms with van der Waals surface area (Å²) in [5.74, 6) is 1.49. The predicted octanol–water partition coefficient (Wildman–Crippen LogP) is 0.681. The number of carbonyl (C=O) groups excluding carboxylic acids is 1. The van der Waals surface area contributed by atoms with E-state index in [1.165, 1.54) is 18.8 Å². The van der Waals surface area contributed by atoms with Crippen molar-refractivity contribution < 1.29 is 4.79 Å². The van der Waals surface area contributed by atoms with Gasteiger partial charge in [-0.1, -0.05) is 12.1 Å². The van der Waals surface area contributed by atoms with Crippen molar-refractivity contribution in [3.8, 4) is 0 Å². The minimum absolute atomic E-state index is 0.0674. The summed E-state index contributed by atoms with van der Waals surface area (Å²) in [7, 11) is 3.58. The Morgan fingerprint density at radius 2 is 2.00 bits per heavy atom. The Morgan fingerprint density at radius 3 is 2.58 bits per heavy atom. The van der Waals surface area contributed by atoms with E-state index in [9.17, 15) is 4.79 Å². The molecule has 1 aromatic heterocycles. The van der Waals surface area contributed by atoms with Gasteiger partial charge in [0, 0.05) is 33.3 Å². The molecule has 0 fully saturated rings. The lowest BCUT2D eigenvalue weighted by molar-refractivity contribution is -0.114. The topological polar surface area (TPSA) is 96.2 Å². The lowest BCUT2D eigenvalue weighted by atomic mass is 10.1. The molecular formula is C16H23N7O. The van der Waals surface area contributed by atoms with E-state index in [2.05, 4.69) is 31.0 Å². The van der Waals surface area contributed by atoms with Crippen LogP contribution < -0.4 is 16.0 Å². The first kappa shape index (κ1) is 17.5. The van der Waals surface area contributed by atoms with Crippen molar-refractivity contribution >= 4 is 17.6 Å². The summed E-state index contributed by atoms with van der Waals surface area (Å²) in [6.07, 6.45) is 2.38. The van der Waals surface area contributed by atoms with Gasteiger partial charge in [-0.25, -0.2) is 4.98 Å². The maximum absolute atomic E-state index is 11.0. The summed E-state index contributed by atoms with van der Waals surface area (Å²) in [6, 6.07) is 7.81. The molecule has 1 amide bonds. The highest BCUT2D eigenvalue weighted by atomic mass is 16.1. The molecule has 1 aromatic carbocycles. The van der Waals surface area contributed by atoms with Gasteiger partial charge in [-0.3, -0.25) is 14.5 Å². The van der Waals surface area contributed by atoms with E-state index in [0.29, 0.717) is 12.5 Å². The second-order valence-corrected chi connectivity index (χ2v) is 5.28. The molecule has 128 valence electrons. The summed E-state index contributed by atoms with van der Waals surface area (Å²) in [5, 5.41) is 13.2. The number of amides is 1. The molecule has 0 radical (unpaired) electrons. The molecule has 0 spiro atoms. The Hall–Kier alpha value is -2.90. The van der Waals surface area contributed by atoms with Crippen LogP contribution in [0.1, 0.15) is 18.3 Å². The number of aromatic nitrogens is 3. The standard InChI is InChI=1S/C16H23N7O/c1-12(24)22-14-6-4-13(5-7-14)8-9-18-16(17-2)19-10-15-20-11-21-23(15)3/h4-7,11H,8-10H2,1-3H3,(H,22,24)(H2,17,18,19). The number of aryl methyl sites for hydroxylation is 1. The molecular weight excluding hydrogens is 306 g/mol. The number of hydrogen-bond acceptors (Lipinski definition) is 4. The van der Waals surface area contributed by atoms with Gasteiger partial charge in [0.05, 0.1) is 6.54 Å². The smallest absolute Gasteiger partial charge is 0.221 e. The van der Waals surface area contributed by atoms with Crippen LogP contribution in [0.15, 0.2) is 35.6 Å². The van der Waals surface area contributed by atoms with E-state index in [1.807, 2.05) is 31.3 Å². The van der Waals surface area contributed by atoms with Crippen LogP contribution in [0.25, 0.3) is 0 Å². The first-order valence-electron chi connectivity index (χ1n) is 7.72. The van der Waals surface area contributed by atoms with Crippen molar-refractivity contribution in [3.05, 3.63) is 42.0 Å². The van der Waals surface area contributed by atoms with Crippen LogP contribution in [0.5, 0.6) is 0 Å². The molecule has 24 heavy (non-hydrogen) atoms. The molecule has 2 aromatic rings. The van der Waals surface area contributed by atoms with Gasteiger partial charge >= 0.3 is 0 Å². The van der Waals surface area contributed by atoms with Crippen LogP contribution in [-0.2, 0) is 24.8 Å². The van der Waals surface area contributed by atoms with Crippen LogP contribution >= 0.6 is 0 Å². The number of rotatable bonds is 6. The number of benzene rings is 1. The monoisotopic (exact) mass is 329 g/mol. The fraction of sp³-hybridized carbons (Fsp3) is 0.375. The van der Waals surface area contributed by atoms with Gasteiger partial charge in [0.15, 0.2) is 5.96 Å². The maximum atomic E-state index is 11.0. The Kier molecular flexibility index (Phi) is 6.30. The van der Waals surface area contributed by atoms with Gasteiger partial charge in [-0.2, -0.15) is 5.10 Å². The van der Waals surface area contributed by atoms with Crippen molar-refractivity contribution in [2.24, 2.45) is 12.0 Å². The van der Waals surface area contributed by atoms with Gasteiger partial charge in [0.25, 0.3) is 0 Å². The van der Waals surface area contributed by atoms with E-state index in [0.717, 1.165) is 24.5 Å². The molecule has 8 heteroatoms. The minimum Gasteiger partial charge on any atom is -0.356 e. The number of nitrogens with zero attached hydrogens (tertiary/aromatic N) is 4. The molecule has 0 aliphatic heterocycles. The minimum atomic E-state index is -0.0674. The fourth-order valence-electron chi connectivity index (χ4n) is 2.15. The molecule has 0 bridgehead atoms. The number of anilines is 1. The normalized spacial score (nSPS) is 11.2. The molecule has 0 aliphatic carbocycles. The Bertz CT molecular complexity index is 691. The molecule has 0 unspecified atom stereocenters. The molecule has 8 nitrogen and oxygen atoms in total. The summed E-state index contributed by atoms with van der Waals surface area (Å²) in [6.45, 7) is 2.80. The quantitative estimate of drug-likeness (QED) is 0.535. The Labute approximate surface area is 141 Å². The summed E-state index contributed by atoms with van der Waals surface area (Å²) in [4.78, 5) is 19.3. The van der Waals surface area contributed by atoms with Crippen LogP contribution in [0.4, 0.5) is 5.69 Å². The zero-order valence-electron chi connectivity index (χ0n) is 14.2. The highest BCUT2D eigenvalue weighted by Crippen LogP contribution is 2.09. The first-order valence-corrected chi connectivity index (χ1v) is 7.72. The molecule has 3 N–H and O–H groups in total. The van der Waals surface area contributed by atoms with E-state index in [4.69, 9.17) is 0 Å². The van der Waals surface area contributed by atoms with Gasteiger partial charge < -0.3 is 16.0 Å². The Balaban J connectivity index is 1.75. The second kappa shape index (κ2) is 8.66. The number of guanidine groups is 1. The molecule has 1 heterocycles. The number of aliphatic imine (C=N–C) groups is 1. The third-order valence-electron chi connectivity index (χ3n) is 3.42. The van der Waals surface area contributed by atoms with Crippen molar-refractivity contribution in [2.75, 3.05) is 18.9 Å². The third-order valence-corrected chi connectivity index (χ3v) is 3.42. The van der Waals surface area contributed by atoms with E-state index < -0.39 is 0 Å². The van der Waals surface area contributed by atoms with Crippen molar-refractivity contribution in [2.45, 2.75) is 19.9 Å². The summed E-state index contributed by atoms with van der Waals surface area (Å²) >= 11 is 0. The number of hydrogen-bond donors (Lipinski definition) is 3. The maximum Gasteiger partial charge on any atom is 0.221 e. The second-order valence-electron chi connectivity index (χ2n) is 5.28. The molecule has 0 aliphatic rings. The zero-order valence-corrected chi connectivity index (χ0v) is 14.2. The van der Waals surface area contributed by atoms with Crippen molar-refractivity contribution in [1.29, 1.82) is 0 Å². The van der Waals surface area contributed by atoms with Crippen LogP contribution in [0.2, 0.25) is 0 Å². The third kappa shape index (κ3) is 5.38. The predicted molar refractivity (Wildman–Crippen MR) is 93.7 cm³/mol. The first-order chi connectivity index (χ1) is 11.6. The fourth-order valence-corrected chi connectivity index (χ4v) is 2.15. The lowest BCUT2D eigenvalue weighted by Crippen LogP contribution is -2.38. The van der Waals surface area contributed by atoms with Crippen molar-refractivity contribution in [1.82, 2.24) is 25.4 Å². The average molecular weight is 329 g/mol. The van der Waals surface area contributed by atoms with E-state index >= 15 is 0 Å². The van der Waals surface area contributed by atoms with Gasteiger partial charge in [0.1, 0.15) is 12.2 Å². The molecule has 2 rings (SSSR count). The lowest BCUT2D eigenvalue weighted by Gasteiger charge is -2.11. The number of carbonyl (C=O) groups is 1. The van der Waals surface area contributed by atoms with Gasteiger partial charge in [-0.05, 0) is 24.1 Å². The SMILES string of the molecule is CN=C(NCCc1ccc(NC(C)=O)cc1)NCc1ncnn1C. The largest absolute Gasteiger partial charge is 0.356 e. The summed E-state index contributed by atoms with van der Waals surface area (Å²) < 4.78 is 1.72. The van der Waals surface area contributed by atoms with Crippen LogP contribution in [-0.4, -0.2) is 40.2 Å². The van der Waals surface area contributed by atoms with E-state index in [-0.39, 0.29) is 5.91 Å². The highest BCUT2D eigenvalue weighted by Gasteiger charge is 2.03.